The maximum absolute atomic E-state index is 12.4. The van der Waals surface area contributed by atoms with Gasteiger partial charge in [-0.05, 0) is 62.4 Å². The average Bonchev–Trinajstić information content (AvgIpc) is 2.81. The molecule has 0 heterocycles. The molecule has 0 spiro atoms. The molecule has 0 aromatic rings. The summed E-state index contributed by atoms with van der Waals surface area (Å²) >= 11 is 0. The lowest BCUT2D eigenvalue weighted by molar-refractivity contribution is -0.134. The number of Topliss-reactive ketones (excluding diaryl/α,β-unsaturated/α-hetero) is 1. The molecule has 0 aromatic carbocycles. The number of hydrogen-bond acceptors (Lipinski definition) is 3. The molecule has 4 aliphatic carbocycles. The summed E-state index contributed by atoms with van der Waals surface area (Å²) in [5, 5.41) is 10.5. The van der Waals surface area contributed by atoms with Crippen molar-refractivity contribution in [2.75, 3.05) is 6.56 Å². The number of ketones is 2. The van der Waals surface area contributed by atoms with Crippen LogP contribution in [-0.2, 0) is 9.59 Å². The van der Waals surface area contributed by atoms with E-state index in [0.29, 0.717) is 37.4 Å². The van der Waals surface area contributed by atoms with Crippen LogP contribution in [-0.4, -0.2) is 23.2 Å². The molecule has 0 aromatic heterocycles. The van der Waals surface area contributed by atoms with Crippen LogP contribution in [0.3, 0.4) is 0 Å². The zero-order valence-electron chi connectivity index (χ0n) is 15.2. The zero-order chi connectivity index (χ0) is 17.3. The normalized spacial score (nSPS) is 49.5. The van der Waals surface area contributed by atoms with E-state index in [0.717, 1.165) is 31.3 Å². The third-order valence-corrected chi connectivity index (χ3v) is 7.40. The molecular weight excluding hydrogens is 276 g/mol. The van der Waals surface area contributed by atoms with E-state index in [2.05, 4.69) is 6.92 Å². The van der Waals surface area contributed by atoms with E-state index in [1.54, 1.807) is 6.08 Å². The lowest BCUT2D eigenvalue weighted by atomic mass is 9.47. The highest BCUT2D eigenvalue weighted by Crippen LogP contribution is 2.64. The van der Waals surface area contributed by atoms with Crippen LogP contribution in [0.25, 0.3) is 0 Å². The Labute approximate surface area is 135 Å². The maximum Gasteiger partial charge on any atom is 0.155 e. The highest BCUT2D eigenvalue weighted by Gasteiger charge is 2.59. The van der Waals surface area contributed by atoms with E-state index in [1.165, 1.54) is 0 Å². The van der Waals surface area contributed by atoms with Crippen molar-refractivity contribution in [1.82, 2.24) is 0 Å². The van der Waals surface area contributed by atoms with E-state index < -0.39 is 12.0 Å². The van der Waals surface area contributed by atoms with Crippen LogP contribution < -0.4 is 0 Å². The molecule has 3 nitrogen and oxygen atoms in total. The lowest BCUT2D eigenvalue weighted by Crippen LogP contribution is -2.53. The first kappa shape index (κ1) is 12.5. The number of fused-ring (bicyclic) bond motifs is 5. The highest BCUT2D eigenvalue weighted by molar-refractivity contribution is 5.91. The summed E-state index contributed by atoms with van der Waals surface area (Å²) in [4.78, 5) is 24.3. The molecule has 0 saturated heterocycles. The average molecular weight is 304 g/mol. The molecule has 22 heavy (non-hydrogen) atoms. The van der Waals surface area contributed by atoms with Crippen LogP contribution in [0.1, 0.15) is 61.0 Å². The van der Waals surface area contributed by atoms with Gasteiger partial charge < -0.3 is 5.11 Å². The van der Waals surface area contributed by atoms with Crippen LogP contribution in [0, 0.1) is 28.6 Å². The maximum atomic E-state index is 12.4. The smallest absolute Gasteiger partial charge is 0.155 e. The van der Waals surface area contributed by atoms with Gasteiger partial charge in [0.2, 0.25) is 0 Å². The van der Waals surface area contributed by atoms with Gasteiger partial charge in [0.1, 0.15) is 5.78 Å². The van der Waals surface area contributed by atoms with E-state index in [1.807, 2.05) is 0 Å². The molecule has 120 valence electrons. The number of hydrogen-bond donors (Lipinski definition) is 1. The first-order valence-electron chi connectivity index (χ1n) is 9.70. The molecule has 3 saturated carbocycles. The fourth-order valence-corrected chi connectivity index (χ4v) is 6.20. The molecule has 0 aliphatic heterocycles. The topological polar surface area (TPSA) is 54.4 Å². The van der Waals surface area contributed by atoms with Gasteiger partial charge >= 0.3 is 0 Å². The summed E-state index contributed by atoms with van der Waals surface area (Å²) in [5.74, 6) is 1.05. The zero-order valence-corrected chi connectivity index (χ0v) is 13.2. The monoisotopic (exact) mass is 304 g/mol. The summed E-state index contributed by atoms with van der Waals surface area (Å²) in [6.45, 7) is -0.224. The second-order valence-electron chi connectivity index (χ2n) is 8.05. The molecule has 0 radical (unpaired) electrons. The Hall–Kier alpha value is -0.960. The molecule has 4 aliphatic rings. The van der Waals surface area contributed by atoms with E-state index in [-0.39, 0.29) is 23.0 Å². The first-order valence-corrected chi connectivity index (χ1v) is 8.70. The first-order chi connectivity index (χ1) is 11.2. The van der Waals surface area contributed by atoms with Gasteiger partial charge in [-0.1, -0.05) is 12.5 Å². The Morgan fingerprint density at radius 1 is 1.18 bits per heavy atom. The Morgan fingerprint density at radius 2 is 2.00 bits per heavy atom. The molecule has 4 rings (SSSR count). The highest BCUT2D eigenvalue weighted by atomic mass is 16.3. The summed E-state index contributed by atoms with van der Waals surface area (Å²) in [7, 11) is 0. The number of aliphatic hydroxyl groups is 1. The predicted molar refractivity (Wildman–Crippen MR) is 83.1 cm³/mol. The molecule has 3 fully saturated rings. The van der Waals surface area contributed by atoms with Gasteiger partial charge in [-0.2, -0.15) is 0 Å². The van der Waals surface area contributed by atoms with Gasteiger partial charge in [-0.15, -0.1) is 0 Å². The SMILES string of the molecule is [2H]C([2H])(O)[C@]12CCC(=O)C=C1CC[C@H]1[C@@H]3CCC(=O)[C@@]3(C)CC[C@@H]12. The van der Waals surface area contributed by atoms with Crippen molar-refractivity contribution < 1.29 is 17.4 Å². The van der Waals surface area contributed by atoms with Crippen LogP contribution in [0.5, 0.6) is 0 Å². The molecule has 0 bridgehead atoms. The van der Waals surface area contributed by atoms with Gasteiger partial charge in [0.25, 0.3) is 0 Å². The molecule has 3 heteroatoms. The van der Waals surface area contributed by atoms with Crippen molar-refractivity contribution in [3.05, 3.63) is 11.6 Å². The minimum Gasteiger partial charge on any atom is -0.395 e. The van der Waals surface area contributed by atoms with E-state index >= 15 is 0 Å². The Kier molecular flexibility index (Phi) is 2.70. The fourth-order valence-electron chi connectivity index (χ4n) is 6.20. The Bertz CT molecular complexity index is 635. The summed E-state index contributed by atoms with van der Waals surface area (Å²) in [6.07, 6.45) is 7.02. The fraction of sp³-hybridized carbons (Fsp3) is 0.789. The van der Waals surface area contributed by atoms with Crippen LogP contribution in [0.15, 0.2) is 11.6 Å². The second kappa shape index (κ2) is 4.77. The number of carbonyl (C=O) groups excluding carboxylic acids is 2. The lowest BCUT2D eigenvalue weighted by Gasteiger charge is -2.57. The Balaban J connectivity index is 1.79. The standard InChI is InChI=1S/C19H26O3/c1-18-8-7-16-14(15(18)4-5-17(18)22)3-2-12-10-13(21)6-9-19(12,16)11-20/h10,14-16,20H,2-9,11H2,1H3/t14-,15-,16-,18-,19+/m0/s1/i11D2. The largest absolute Gasteiger partial charge is 0.395 e. The summed E-state index contributed by atoms with van der Waals surface area (Å²) in [6, 6.07) is 0. The van der Waals surface area contributed by atoms with Gasteiger partial charge in [-0.3, -0.25) is 9.59 Å². The van der Waals surface area contributed by atoms with Crippen molar-refractivity contribution in [2.45, 2.75) is 58.3 Å². The minimum atomic E-state index is -2.32. The van der Waals surface area contributed by atoms with E-state index in [4.69, 9.17) is 2.74 Å². The van der Waals surface area contributed by atoms with Crippen molar-refractivity contribution >= 4 is 11.6 Å². The van der Waals surface area contributed by atoms with Crippen molar-refractivity contribution in [3.63, 3.8) is 0 Å². The van der Waals surface area contributed by atoms with E-state index in [9.17, 15) is 14.7 Å². The van der Waals surface area contributed by atoms with Crippen LogP contribution >= 0.6 is 0 Å². The summed E-state index contributed by atoms with van der Waals surface area (Å²) < 4.78 is 16.4. The van der Waals surface area contributed by atoms with Gasteiger partial charge in [-0.25, -0.2) is 0 Å². The molecular formula is C19H26O3. The van der Waals surface area contributed by atoms with Gasteiger partial charge in [0.05, 0.1) is 9.30 Å². The van der Waals surface area contributed by atoms with Gasteiger partial charge in [0, 0.05) is 23.7 Å². The van der Waals surface area contributed by atoms with Crippen LogP contribution in [0.2, 0.25) is 0 Å². The minimum absolute atomic E-state index is 0.0366. The number of rotatable bonds is 1. The van der Waals surface area contributed by atoms with Crippen LogP contribution in [0.4, 0.5) is 0 Å². The molecule has 5 atom stereocenters. The molecule has 1 N–H and O–H groups in total. The Morgan fingerprint density at radius 3 is 2.77 bits per heavy atom. The van der Waals surface area contributed by atoms with Crippen molar-refractivity contribution in [3.8, 4) is 0 Å². The molecule has 0 unspecified atom stereocenters. The summed E-state index contributed by atoms with van der Waals surface area (Å²) in [5.41, 5.74) is -0.368. The predicted octanol–water partition coefficient (Wildman–Crippen LogP) is 3.06. The quantitative estimate of drug-likeness (QED) is 0.810. The third-order valence-electron chi connectivity index (χ3n) is 7.40. The van der Waals surface area contributed by atoms with Crippen molar-refractivity contribution in [1.29, 1.82) is 0 Å². The number of carbonyl (C=O) groups is 2. The second-order valence-corrected chi connectivity index (χ2v) is 8.05. The third kappa shape index (κ3) is 1.72. The van der Waals surface area contributed by atoms with Crippen molar-refractivity contribution in [2.24, 2.45) is 28.6 Å². The molecule has 0 amide bonds. The van der Waals surface area contributed by atoms with Gasteiger partial charge in [0.15, 0.2) is 5.78 Å².